The van der Waals surface area contributed by atoms with Crippen molar-refractivity contribution in [3.8, 4) is 0 Å². The fourth-order valence-corrected chi connectivity index (χ4v) is 0.0830. The van der Waals surface area contributed by atoms with Crippen molar-refractivity contribution in [3.63, 3.8) is 0 Å². The Kier molecular flexibility index (Phi) is 6.82. The van der Waals surface area contributed by atoms with E-state index < -0.39 is 5.97 Å². The molecule has 0 aliphatic heterocycles. The fraction of sp³-hybridized carbons (Fsp3) is 0.667. The molecule has 0 bridgehead atoms. The Morgan fingerprint density at radius 2 is 2.43 bits per heavy atom. The van der Waals surface area contributed by atoms with Gasteiger partial charge in [0.05, 0.1) is 8.46 Å². The zero-order valence-corrected chi connectivity index (χ0v) is 6.43. The van der Waals surface area contributed by atoms with Crippen LogP contribution in [0.4, 0.5) is 0 Å². The van der Waals surface area contributed by atoms with E-state index >= 15 is 0 Å². The van der Waals surface area contributed by atoms with E-state index in [1.165, 1.54) is 6.92 Å². The van der Waals surface area contributed by atoms with Gasteiger partial charge >= 0.3 is 5.97 Å². The first kappa shape index (κ1) is 7.43. The van der Waals surface area contributed by atoms with E-state index in [0.717, 1.165) is 0 Å². The van der Waals surface area contributed by atoms with Crippen LogP contribution in [0.3, 0.4) is 0 Å². The van der Waals surface area contributed by atoms with Crippen molar-refractivity contribution in [2.45, 2.75) is 6.92 Å². The molecule has 0 amide bonds. The summed E-state index contributed by atoms with van der Waals surface area (Å²) in [4.78, 5) is 17.5. The molecule has 0 saturated carbocycles. The van der Waals surface area contributed by atoms with Crippen LogP contribution in [0.25, 0.3) is 0 Å². The maximum absolute atomic E-state index is 9.77. The first-order valence-electron chi connectivity index (χ1n) is 2.07. The topological polar surface area (TPSA) is 35.5 Å². The molecule has 1 radical (unpaired) electrons. The predicted octanol–water partition coefficient (Wildman–Crippen LogP) is -0.270. The molecule has 0 aromatic carbocycles. The minimum atomic E-state index is -0.535. The SMILES string of the molecule is [2H]COOC(C)=O.[Na]. The molecule has 0 aliphatic carbocycles. The molecule has 0 fully saturated rings. The van der Waals surface area contributed by atoms with E-state index in [2.05, 4.69) is 9.78 Å². The maximum Gasteiger partial charge on any atom is 0.339 e. The van der Waals surface area contributed by atoms with Crippen LogP contribution >= 0.6 is 0 Å². The van der Waals surface area contributed by atoms with Gasteiger partial charge in [0.1, 0.15) is 0 Å². The summed E-state index contributed by atoms with van der Waals surface area (Å²) in [6, 6.07) is 0. The molecule has 7 heavy (non-hydrogen) atoms. The molecule has 4 heteroatoms. The zero-order chi connectivity index (χ0) is 5.70. The van der Waals surface area contributed by atoms with Crippen molar-refractivity contribution >= 4 is 35.5 Å². The first-order valence-corrected chi connectivity index (χ1v) is 1.36. The van der Waals surface area contributed by atoms with Crippen molar-refractivity contribution < 1.29 is 15.9 Å². The van der Waals surface area contributed by atoms with Crippen molar-refractivity contribution in [3.05, 3.63) is 0 Å². The van der Waals surface area contributed by atoms with E-state index in [4.69, 9.17) is 1.37 Å². The summed E-state index contributed by atoms with van der Waals surface area (Å²) >= 11 is 0. The molecule has 0 aromatic rings. The third-order valence-electron chi connectivity index (χ3n) is 0.176. The average Bonchev–Trinajstić information content (AvgIpc) is 1.61. The van der Waals surface area contributed by atoms with Gasteiger partial charge in [-0.2, -0.15) is 4.89 Å². The second-order valence-corrected chi connectivity index (χ2v) is 0.693. The Hall–Kier alpha value is 0.430. The quantitative estimate of drug-likeness (QED) is 0.267. The third kappa shape index (κ3) is 10.7. The number of carbonyl (C=O) groups excluding carboxylic acids is 1. The Labute approximate surface area is 65.6 Å². The van der Waals surface area contributed by atoms with Crippen molar-refractivity contribution in [2.75, 3.05) is 7.09 Å². The Morgan fingerprint density at radius 1 is 1.86 bits per heavy atom. The van der Waals surface area contributed by atoms with E-state index in [0.29, 0.717) is 0 Å². The van der Waals surface area contributed by atoms with E-state index in [9.17, 15) is 4.79 Å². The normalized spacial score (nSPS) is 8.43. The first-order chi connectivity index (χ1) is 3.27. The largest absolute Gasteiger partial charge is 0.339 e. The van der Waals surface area contributed by atoms with Crippen LogP contribution < -0.4 is 0 Å². The molecule has 0 heterocycles. The molecular formula is C3H6NaO3. The minimum Gasteiger partial charge on any atom is -0.299 e. The van der Waals surface area contributed by atoms with Gasteiger partial charge in [0.15, 0.2) is 0 Å². The van der Waals surface area contributed by atoms with Gasteiger partial charge < -0.3 is 0 Å². The molecule has 0 rings (SSSR count). The standard InChI is InChI=1S/C3H6O3.Na/c1-3(4)6-5-2;/h1-2H3;/i2D;. The Bertz CT molecular complexity index is 67.5. The fourth-order valence-electron chi connectivity index (χ4n) is 0.0830. The van der Waals surface area contributed by atoms with Gasteiger partial charge in [0.25, 0.3) is 0 Å². The number of carbonyl (C=O) groups is 1. The van der Waals surface area contributed by atoms with Crippen LogP contribution in [-0.4, -0.2) is 42.6 Å². The van der Waals surface area contributed by atoms with Gasteiger partial charge in [-0.3, -0.25) is 4.89 Å². The molecule has 0 aliphatic rings. The van der Waals surface area contributed by atoms with Crippen molar-refractivity contribution in [2.24, 2.45) is 0 Å². The summed E-state index contributed by atoms with van der Waals surface area (Å²) in [6.45, 7) is 1.20. The van der Waals surface area contributed by atoms with E-state index in [1.54, 1.807) is 0 Å². The van der Waals surface area contributed by atoms with E-state index in [1.807, 2.05) is 0 Å². The summed E-state index contributed by atoms with van der Waals surface area (Å²) in [6.07, 6.45) is 0. The molecule has 0 N–H and O–H groups in total. The minimum absolute atomic E-state index is 0. The monoisotopic (exact) mass is 114 g/mol. The summed E-state index contributed by atoms with van der Waals surface area (Å²) < 4.78 is 6.30. The number of hydrogen-bond donors (Lipinski definition) is 0. The van der Waals surface area contributed by atoms with Gasteiger partial charge in [-0.1, -0.05) is 0 Å². The summed E-state index contributed by atoms with van der Waals surface area (Å²) in [5.41, 5.74) is 0. The third-order valence-corrected chi connectivity index (χ3v) is 0.176. The molecular weight excluding hydrogens is 107 g/mol. The van der Waals surface area contributed by atoms with Crippen LogP contribution in [0.15, 0.2) is 0 Å². The molecule has 0 saturated heterocycles. The molecule has 0 aromatic heterocycles. The van der Waals surface area contributed by atoms with Gasteiger partial charge in [-0.15, -0.1) is 0 Å². The van der Waals surface area contributed by atoms with Gasteiger partial charge in [0, 0.05) is 36.5 Å². The van der Waals surface area contributed by atoms with Gasteiger partial charge in [-0.25, -0.2) is 4.79 Å². The second kappa shape index (κ2) is 6.43. The zero-order valence-electron chi connectivity index (χ0n) is 5.43. The van der Waals surface area contributed by atoms with Gasteiger partial charge in [-0.05, 0) is 0 Å². The van der Waals surface area contributed by atoms with Crippen molar-refractivity contribution in [1.29, 1.82) is 0 Å². The van der Waals surface area contributed by atoms with Crippen LogP contribution in [0.2, 0.25) is 0 Å². The van der Waals surface area contributed by atoms with Crippen LogP contribution in [-0.2, 0) is 14.6 Å². The summed E-state index contributed by atoms with van der Waals surface area (Å²) in [5, 5.41) is 0. The maximum atomic E-state index is 9.77. The number of hydrogen-bond acceptors (Lipinski definition) is 3. The molecule has 0 spiro atoms. The van der Waals surface area contributed by atoms with Crippen LogP contribution in [0, 0.1) is 0 Å². The molecule has 3 nitrogen and oxygen atoms in total. The van der Waals surface area contributed by atoms with Gasteiger partial charge in [0.2, 0.25) is 0 Å². The smallest absolute Gasteiger partial charge is 0.299 e. The van der Waals surface area contributed by atoms with Crippen LogP contribution in [0.5, 0.6) is 0 Å². The molecule has 0 unspecified atom stereocenters. The molecule has 37 valence electrons. The Balaban J connectivity index is 0. The Morgan fingerprint density at radius 3 is 2.57 bits per heavy atom. The average molecular weight is 114 g/mol. The summed E-state index contributed by atoms with van der Waals surface area (Å²) in [5.74, 6) is -0.535. The molecule has 0 atom stereocenters. The van der Waals surface area contributed by atoms with Crippen LogP contribution in [0.1, 0.15) is 8.29 Å². The summed E-state index contributed by atoms with van der Waals surface area (Å²) in [7, 11) is -0.348. The second-order valence-electron chi connectivity index (χ2n) is 0.693. The van der Waals surface area contributed by atoms with E-state index in [-0.39, 0.29) is 36.6 Å². The van der Waals surface area contributed by atoms with Crippen molar-refractivity contribution in [1.82, 2.24) is 0 Å². The number of rotatable bonds is 1. The predicted molar refractivity (Wildman–Crippen MR) is 24.5 cm³/mol.